The molecule has 0 aromatic carbocycles. The largest absolute Gasteiger partial charge is 0.296 e. The fourth-order valence-corrected chi connectivity index (χ4v) is 2.85. The summed E-state index contributed by atoms with van der Waals surface area (Å²) in [5.74, 6) is 0. The molecule has 0 N–H and O–H groups in total. The van der Waals surface area contributed by atoms with E-state index in [-0.39, 0.29) is 0 Å². The fraction of sp³-hybridized carbons (Fsp3) is 0.429. The highest BCUT2D eigenvalue weighted by Crippen LogP contribution is 2.22. The molecule has 0 saturated carbocycles. The number of halogens is 1. The molecule has 0 aliphatic rings. The lowest BCUT2D eigenvalue weighted by atomic mass is 10.2. The van der Waals surface area contributed by atoms with E-state index < -0.39 is 0 Å². The molecule has 0 radical (unpaired) electrons. The average molecular weight is 323 g/mol. The van der Waals surface area contributed by atoms with Crippen LogP contribution in [-0.2, 0) is 26.6 Å². The third-order valence-electron chi connectivity index (χ3n) is 3.10. The van der Waals surface area contributed by atoms with Gasteiger partial charge in [-0.2, -0.15) is 5.10 Å². The van der Waals surface area contributed by atoms with E-state index in [2.05, 4.69) is 51.0 Å². The van der Waals surface area contributed by atoms with Crippen LogP contribution in [0.1, 0.15) is 23.9 Å². The van der Waals surface area contributed by atoms with E-state index in [1.165, 1.54) is 11.3 Å². The Morgan fingerprint density at radius 1 is 1.37 bits per heavy atom. The zero-order valence-corrected chi connectivity index (χ0v) is 13.2. The summed E-state index contributed by atoms with van der Waals surface area (Å²) in [5.41, 5.74) is 3.55. The predicted octanol–water partition coefficient (Wildman–Crippen LogP) is 2.77. The van der Waals surface area contributed by atoms with Crippen LogP contribution >= 0.6 is 15.9 Å². The Morgan fingerprint density at radius 2 is 2.16 bits per heavy atom. The lowest BCUT2D eigenvalue weighted by molar-refractivity contribution is 0.308. The molecular weight excluding hydrogens is 304 g/mol. The maximum absolute atomic E-state index is 4.52. The number of rotatable bonds is 5. The van der Waals surface area contributed by atoms with Gasteiger partial charge >= 0.3 is 0 Å². The third-order valence-corrected chi connectivity index (χ3v) is 4.01. The van der Waals surface area contributed by atoms with Gasteiger partial charge < -0.3 is 0 Å². The van der Waals surface area contributed by atoms with Gasteiger partial charge in [0.15, 0.2) is 0 Å². The molecule has 0 spiro atoms. The van der Waals surface area contributed by atoms with Crippen molar-refractivity contribution in [2.24, 2.45) is 7.05 Å². The Kier molecular flexibility index (Phi) is 4.71. The predicted molar refractivity (Wildman–Crippen MR) is 79.7 cm³/mol. The van der Waals surface area contributed by atoms with Crippen molar-refractivity contribution in [3.8, 4) is 0 Å². The Balaban J connectivity index is 2.07. The summed E-state index contributed by atoms with van der Waals surface area (Å²) >= 11 is 3.65. The minimum atomic E-state index is 0.860. The summed E-state index contributed by atoms with van der Waals surface area (Å²) in [7, 11) is 4.11. The van der Waals surface area contributed by atoms with E-state index >= 15 is 0 Å². The van der Waals surface area contributed by atoms with Gasteiger partial charge in [-0.3, -0.25) is 14.6 Å². The molecule has 0 fully saturated rings. The lowest BCUT2D eigenvalue weighted by Crippen LogP contribution is -2.19. The first kappa shape index (κ1) is 14.2. The van der Waals surface area contributed by atoms with Crippen LogP contribution in [0, 0.1) is 0 Å². The van der Waals surface area contributed by atoms with Crippen molar-refractivity contribution in [3.63, 3.8) is 0 Å². The van der Waals surface area contributed by atoms with E-state index in [9.17, 15) is 0 Å². The van der Waals surface area contributed by atoms with Crippen LogP contribution in [0.3, 0.4) is 0 Å². The molecule has 0 amide bonds. The molecule has 0 atom stereocenters. The van der Waals surface area contributed by atoms with Gasteiger partial charge in [0, 0.05) is 32.5 Å². The first-order valence-electron chi connectivity index (χ1n) is 6.39. The molecule has 2 heterocycles. The Morgan fingerprint density at radius 3 is 2.74 bits per heavy atom. The van der Waals surface area contributed by atoms with Crippen LogP contribution in [0.2, 0.25) is 0 Å². The standard InChI is InChI=1S/C14H19BrN4/c1-4-12-14(15)13(19(3)17-12)10-18(2)9-11-6-5-7-16-8-11/h5-8H,4,9-10H2,1-3H3. The fourth-order valence-electron chi connectivity index (χ4n) is 2.11. The van der Waals surface area contributed by atoms with Gasteiger partial charge in [-0.15, -0.1) is 0 Å². The minimum absolute atomic E-state index is 0.860. The van der Waals surface area contributed by atoms with Crippen molar-refractivity contribution in [1.29, 1.82) is 0 Å². The van der Waals surface area contributed by atoms with Crippen LogP contribution < -0.4 is 0 Å². The quantitative estimate of drug-likeness (QED) is 0.848. The van der Waals surface area contributed by atoms with E-state index in [0.717, 1.165) is 29.7 Å². The minimum Gasteiger partial charge on any atom is -0.296 e. The van der Waals surface area contributed by atoms with E-state index in [0.29, 0.717) is 0 Å². The van der Waals surface area contributed by atoms with Crippen molar-refractivity contribution in [2.45, 2.75) is 26.4 Å². The van der Waals surface area contributed by atoms with Crippen LogP contribution in [0.5, 0.6) is 0 Å². The average Bonchev–Trinajstić information content (AvgIpc) is 2.67. The highest BCUT2D eigenvalue weighted by atomic mass is 79.9. The first-order valence-corrected chi connectivity index (χ1v) is 7.18. The van der Waals surface area contributed by atoms with E-state index in [4.69, 9.17) is 0 Å². The van der Waals surface area contributed by atoms with Crippen molar-refractivity contribution >= 4 is 15.9 Å². The van der Waals surface area contributed by atoms with Gasteiger partial charge in [0.2, 0.25) is 0 Å². The Hall–Kier alpha value is -1.20. The molecular formula is C14H19BrN4. The van der Waals surface area contributed by atoms with Crippen LogP contribution in [0.25, 0.3) is 0 Å². The monoisotopic (exact) mass is 322 g/mol. The number of hydrogen-bond acceptors (Lipinski definition) is 3. The number of nitrogens with zero attached hydrogens (tertiary/aromatic N) is 4. The normalized spacial score (nSPS) is 11.2. The van der Waals surface area contributed by atoms with Crippen molar-refractivity contribution in [1.82, 2.24) is 19.7 Å². The molecule has 2 rings (SSSR count). The SMILES string of the molecule is CCc1nn(C)c(CN(C)Cc2cccnc2)c1Br. The zero-order chi connectivity index (χ0) is 13.8. The summed E-state index contributed by atoms with van der Waals surface area (Å²) in [6.07, 6.45) is 4.65. The number of aromatic nitrogens is 3. The van der Waals surface area contributed by atoms with Gasteiger partial charge in [-0.1, -0.05) is 13.0 Å². The lowest BCUT2D eigenvalue weighted by Gasteiger charge is -2.16. The van der Waals surface area contributed by atoms with Gasteiger partial charge in [0.25, 0.3) is 0 Å². The molecule has 0 unspecified atom stereocenters. The maximum atomic E-state index is 4.52. The summed E-state index contributed by atoms with van der Waals surface area (Å²) < 4.78 is 3.10. The Bertz CT molecular complexity index is 536. The first-order chi connectivity index (χ1) is 9.11. The molecule has 0 bridgehead atoms. The molecule has 19 heavy (non-hydrogen) atoms. The number of aryl methyl sites for hydroxylation is 2. The maximum Gasteiger partial charge on any atom is 0.0767 e. The summed E-state index contributed by atoms with van der Waals surface area (Å²) in [6.45, 7) is 3.86. The highest BCUT2D eigenvalue weighted by molar-refractivity contribution is 9.10. The Labute approximate surface area is 122 Å². The second-order valence-electron chi connectivity index (χ2n) is 4.72. The molecule has 2 aromatic rings. The van der Waals surface area contributed by atoms with Crippen molar-refractivity contribution in [2.75, 3.05) is 7.05 Å². The van der Waals surface area contributed by atoms with Gasteiger partial charge in [0.1, 0.15) is 0 Å². The van der Waals surface area contributed by atoms with Crippen LogP contribution in [0.4, 0.5) is 0 Å². The summed E-state index contributed by atoms with van der Waals surface area (Å²) in [4.78, 5) is 6.41. The van der Waals surface area contributed by atoms with Crippen molar-refractivity contribution < 1.29 is 0 Å². The molecule has 2 aromatic heterocycles. The highest BCUT2D eigenvalue weighted by Gasteiger charge is 2.14. The van der Waals surface area contributed by atoms with Crippen LogP contribution in [-0.4, -0.2) is 26.7 Å². The second-order valence-corrected chi connectivity index (χ2v) is 5.51. The molecule has 0 saturated heterocycles. The molecule has 5 heteroatoms. The van der Waals surface area contributed by atoms with Gasteiger partial charge in [0.05, 0.1) is 15.9 Å². The van der Waals surface area contributed by atoms with Crippen molar-refractivity contribution in [3.05, 3.63) is 46.0 Å². The third kappa shape index (κ3) is 3.42. The smallest absolute Gasteiger partial charge is 0.0767 e. The second kappa shape index (κ2) is 6.30. The van der Waals surface area contributed by atoms with E-state index in [1.54, 1.807) is 6.20 Å². The molecule has 4 nitrogen and oxygen atoms in total. The van der Waals surface area contributed by atoms with Gasteiger partial charge in [-0.05, 0) is 41.0 Å². The number of hydrogen-bond donors (Lipinski definition) is 0. The molecule has 102 valence electrons. The van der Waals surface area contributed by atoms with Gasteiger partial charge in [-0.25, -0.2) is 0 Å². The zero-order valence-electron chi connectivity index (χ0n) is 11.6. The molecule has 0 aliphatic carbocycles. The summed E-state index contributed by atoms with van der Waals surface area (Å²) in [5, 5.41) is 4.52. The topological polar surface area (TPSA) is 34.0 Å². The van der Waals surface area contributed by atoms with Crippen LogP contribution in [0.15, 0.2) is 29.0 Å². The summed E-state index contributed by atoms with van der Waals surface area (Å²) in [6, 6.07) is 4.07. The van der Waals surface area contributed by atoms with E-state index in [1.807, 2.05) is 24.0 Å². The number of pyridine rings is 1. The molecule has 0 aliphatic heterocycles.